The van der Waals surface area contributed by atoms with E-state index in [0.717, 1.165) is 12.8 Å². The van der Waals surface area contributed by atoms with Crippen LogP contribution in [0.3, 0.4) is 0 Å². The van der Waals surface area contributed by atoms with Crippen LogP contribution in [-0.4, -0.2) is 30.2 Å². The third-order valence-electron chi connectivity index (χ3n) is 1.95. The molecular formula is C13H26O3. The Morgan fingerprint density at radius 1 is 1.38 bits per heavy atom. The van der Waals surface area contributed by atoms with Crippen LogP contribution < -0.4 is 0 Å². The van der Waals surface area contributed by atoms with E-state index in [4.69, 9.17) is 9.84 Å². The minimum Gasteiger partial charge on any atom is -0.396 e. The van der Waals surface area contributed by atoms with Gasteiger partial charge in [0.25, 0.3) is 0 Å². The van der Waals surface area contributed by atoms with Crippen molar-refractivity contribution in [2.45, 2.75) is 53.1 Å². The lowest BCUT2D eigenvalue weighted by Gasteiger charge is -2.04. The maximum atomic E-state index is 10.6. The summed E-state index contributed by atoms with van der Waals surface area (Å²) in [6.45, 7) is 8.46. The molecule has 0 bridgehead atoms. The highest BCUT2D eigenvalue weighted by molar-refractivity contribution is 5.81. The van der Waals surface area contributed by atoms with Crippen molar-refractivity contribution in [2.24, 2.45) is 0 Å². The van der Waals surface area contributed by atoms with Crippen molar-refractivity contribution >= 4 is 5.78 Å². The van der Waals surface area contributed by atoms with Crippen molar-refractivity contribution in [2.75, 3.05) is 13.2 Å². The van der Waals surface area contributed by atoms with E-state index in [0.29, 0.717) is 6.42 Å². The molecule has 1 N–H and O–H groups in total. The fraction of sp³-hybridized carbons (Fsp3) is 0.769. The normalized spacial score (nSPS) is 18.8. The van der Waals surface area contributed by atoms with E-state index >= 15 is 0 Å². The van der Waals surface area contributed by atoms with Gasteiger partial charge >= 0.3 is 0 Å². The molecule has 0 spiro atoms. The molecule has 16 heavy (non-hydrogen) atoms. The molecule has 0 aromatic carbocycles. The molecule has 1 aliphatic rings. The molecule has 96 valence electrons. The van der Waals surface area contributed by atoms with E-state index in [1.807, 2.05) is 39.8 Å². The minimum atomic E-state index is 0.0830. The topological polar surface area (TPSA) is 46.5 Å². The first-order valence-electron chi connectivity index (χ1n) is 6.06. The van der Waals surface area contributed by atoms with E-state index in [9.17, 15) is 4.79 Å². The van der Waals surface area contributed by atoms with Crippen LogP contribution in [0.5, 0.6) is 0 Å². The first-order valence-corrected chi connectivity index (χ1v) is 6.06. The molecule has 1 atom stereocenters. The molecule has 0 aromatic heterocycles. The van der Waals surface area contributed by atoms with Gasteiger partial charge in [-0.25, -0.2) is 0 Å². The largest absolute Gasteiger partial charge is 0.396 e. The van der Waals surface area contributed by atoms with Gasteiger partial charge < -0.3 is 9.84 Å². The maximum absolute atomic E-state index is 10.6. The first kappa shape index (κ1) is 17.7. The summed E-state index contributed by atoms with van der Waals surface area (Å²) in [5.74, 6) is 0.183. The molecule has 1 fully saturated rings. The zero-order chi connectivity index (χ0) is 12.8. The fourth-order valence-corrected chi connectivity index (χ4v) is 1.09. The Bertz CT molecular complexity index is 172. The van der Waals surface area contributed by atoms with Crippen molar-refractivity contribution in [3.63, 3.8) is 0 Å². The Balaban J connectivity index is 0. The molecule has 0 saturated carbocycles. The molecule has 0 aliphatic carbocycles. The molecule has 1 saturated heterocycles. The summed E-state index contributed by atoms with van der Waals surface area (Å²) in [4.78, 5) is 10.6. The van der Waals surface area contributed by atoms with Gasteiger partial charge in [-0.2, -0.15) is 0 Å². The van der Waals surface area contributed by atoms with Gasteiger partial charge in [0.1, 0.15) is 6.61 Å². The highest BCUT2D eigenvalue weighted by atomic mass is 16.5. The summed E-state index contributed by atoms with van der Waals surface area (Å²) in [7, 11) is 0. The predicted molar refractivity (Wildman–Crippen MR) is 67.5 cm³/mol. The van der Waals surface area contributed by atoms with E-state index in [1.165, 1.54) is 0 Å². The zero-order valence-corrected chi connectivity index (χ0v) is 11.0. The van der Waals surface area contributed by atoms with Crippen molar-refractivity contribution in [1.82, 2.24) is 0 Å². The van der Waals surface area contributed by atoms with Crippen LogP contribution >= 0.6 is 0 Å². The Morgan fingerprint density at radius 2 is 1.94 bits per heavy atom. The number of rotatable bonds is 3. The average Bonchev–Trinajstić information content (AvgIpc) is 2.75. The molecule has 1 rings (SSSR count). The minimum absolute atomic E-state index is 0.0830. The van der Waals surface area contributed by atoms with Gasteiger partial charge in [-0.05, 0) is 26.7 Å². The van der Waals surface area contributed by atoms with Crippen LogP contribution in [-0.2, 0) is 9.53 Å². The van der Waals surface area contributed by atoms with Crippen LogP contribution in [0.25, 0.3) is 0 Å². The summed E-state index contributed by atoms with van der Waals surface area (Å²) in [5, 5.41) is 8.45. The molecule has 0 radical (unpaired) electrons. The molecule has 3 nitrogen and oxygen atoms in total. The van der Waals surface area contributed by atoms with Crippen LogP contribution in [0.1, 0.15) is 47.0 Å². The molecule has 1 aliphatic heterocycles. The summed E-state index contributed by atoms with van der Waals surface area (Å²) in [6, 6.07) is 0. The summed E-state index contributed by atoms with van der Waals surface area (Å²) in [6.07, 6.45) is 6.17. The lowest BCUT2D eigenvalue weighted by Crippen LogP contribution is -2.05. The first-order chi connectivity index (χ1) is 7.74. The third-order valence-corrected chi connectivity index (χ3v) is 1.95. The number of allylic oxidation sites excluding steroid dienone is 2. The van der Waals surface area contributed by atoms with Gasteiger partial charge in [0.05, 0.1) is 6.10 Å². The number of carbonyl (C=O) groups excluding carboxylic acids is 1. The summed E-state index contributed by atoms with van der Waals surface area (Å²) in [5.41, 5.74) is 0. The lowest BCUT2D eigenvalue weighted by atomic mass is 10.1. The van der Waals surface area contributed by atoms with E-state index in [-0.39, 0.29) is 25.1 Å². The lowest BCUT2D eigenvalue weighted by molar-refractivity contribution is -0.117. The highest BCUT2D eigenvalue weighted by Gasteiger charge is 2.21. The number of aliphatic hydroxyl groups excluding tert-OH is 1. The predicted octanol–water partition coefficient (Wildman–Crippen LogP) is 2.73. The second-order valence-corrected chi connectivity index (χ2v) is 3.21. The molecule has 3 heteroatoms. The van der Waals surface area contributed by atoms with Gasteiger partial charge in [-0.15, -0.1) is 0 Å². The number of ether oxygens (including phenoxy) is 1. The van der Waals surface area contributed by atoms with Gasteiger partial charge in [0.15, 0.2) is 5.78 Å². The smallest absolute Gasteiger partial charge is 0.161 e. The summed E-state index contributed by atoms with van der Waals surface area (Å²) >= 11 is 0. The fourth-order valence-electron chi connectivity index (χ4n) is 1.09. The molecule has 1 heterocycles. The van der Waals surface area contributed by atoms with Crippen LogP contribution in [0.15, 0.2) is 12.2 Å². The zero-order valence-electron chi connectivity index (χ0n) is 11.0. The van der Waals surface area contributed by atoms with Gasteiger partial charge in [-0.3, -0.25) is 4.79 Å². The van der Waals surface area contributed by atoms with E-state index in [2.05, 4.69) is 0 Å². The van der Waals surface area contributed by atoms with Gasteiger partial charge in [0.2, 0.25) is 0 Å². The number of aliphatic hydroxyl groups is 1. The Labute approximate surface area is 99.5 Å². The quantitative estimate of drug-likeness (QED) is 0.758. The average molecular weight is 230 g/mol. The van der Waals surface area contributed by atoms with E-state index in [1.54, 1.807) is 0 Å². The van der Waals surface area contributed by atoms with Crippen molar-refractivity contribution in [3.05, 3.63) is 12.2 Å². The van der Waals surface area contributed by atoms with Crippen molar-refractivity contribution < 1.29 is 14.6 Å². The van der Waals surface area contributed by atoms with Crippen LogP contribution in [0.4, 0.5) is 0 Å². The SMILES string of the molecule is C/C=C/C.CC.O=C1CO[C@@H](CCCO)C1. The van der Waals surface area contributed by atoms with Gasteiger partial charge in [-0.1, -0.05) is 26.0 Å². The monoisotopic (exact) mass is 230 g/mol. The Hall–Kier alpha value is -0.670. The molecule has 0 amide bonds. The number of Topliss-reactive ketones (excluding diaryl/α,β-unsaturated/α-hetero) is 1. The molecular weight excluding hydrogens is 204 g/mol. The Morgan fingerprint density at radius 3 is 2.25 bits per heavy atom. The summed E-state index contributed by atoms with van der Waals surface area (Å²) < 4.78 is 5.11. The van der Waals surface area contributed by atoms with E-state index < -0.39 is 0 Å². The number of ketones is 1. The third kappa shape index (κ3) is 11.4. The second kappa shape index (κ2) is 14.3. The number of hydrogen-bond acceptors (Lipinski definition) is 3. The van der Waals surface area contributed by atoms with Crippen LogP contribution in [0.2, 0.25) is 0 Å². The highest BCUT2D eigenvalue weighted by Crippen LogP contribution is 2.13. The van der Waals surface area contributed by atoms with Crippen LogP contribution in [0, 0.1) is 0 Å². The second-order valence-electron chi connectivity index (χ2n) is 3.21. The van der Waals surface area contributed by atoms with Crippen molar-refractivity contribution in [3.8, 4) is 0 Å². The molecule has 0 aromatic rings. The number of carbonyl (C=O) groups is 1. The molecule has 0 unspecified atom stereocenters. The standard InChI is InChI=1S/C7H12O3.C4H8.C2H6/c8-3-1-2-7-4-6(9)5-10-7;1-3-4-2;1-2/h7-8H,1-5H2;3-4H,1-2H3;1-2H3/b;4-3+;/t7-;;/m0../s1. The van der Waals surface area contributed by atoms with Gasteiger partial charge in [0, 0.05) is 13.0 Å². The maximum Gasteiger partial charge on any atom is 0.161 e. The number of hydrogen-bond donors (Lipinski definition) is 1. The Kier molecular flexibility index (Phi) is 15.9. The van der Waals surface area contributed by atoms with Crippen molar-refractivity contribution in [1.29, 1.82) is 0 Å².